The number of carbonyl (C=O) groups excluding carboxylic acids is 1. The van der Waals surface area contributed by atoms with Crippen LogP contribution in [0.3, 0.4) is 0 Å². The van der Waals surface area contributed by atoms with Crippen molar-refractivity contribution in [1.29, 1.82) is 0 Å². The Morgan fingerprint density at radius 3 is 2.78 bits per heavy atom. The Balaban J connectivity index is 2.67. The summed E-state index contributed by atoms with van der Waals surface area (Å²) in [6, 6.07) is 3.37. The van der Waals surface area contributed by atoms with Gasteiger partial charge < -0.3 is 13.9 Å². The Morgan fingerprint density at radius 1 is 1.44 bits per heavy atom. The lowest BCUT2D eigenvalue weighted by molar-refractivity contribution is 0.0491. The molecule has 0 saturated heterocycles. The van der Waals surface area contributed by atoms with Crippen molar-refractivity contribution in [2.45, 2.75) is 13.8 Å². The molecule has 1 heterocycles. The van der Waals surface area contributed by atoms with E-state index in [1.54, 1.807) is 26.0 Å². The quantitative estimate of drug-likeness (QED) is 0.799. The van der Waals surface area contributed by atoms with Gasteiger partial charge in [-0.1, -0.05) is 11.6 Å². The number of rotatable bonds is 3. The molecule has 0 aliphatic carbocycles. The molecule has 0 bridgehead atoms. The number of methoxy groups -OCH3 is 1. The van der Waals surface area contributed by atoms with E-state index in [9.17, 15) is 4.79 Å². The monoisotopic (exact) mass is 268 g/mol. The van der Waals surface area contributed by atoms with Crippen LogP contribution >= 0.6 is 11.6 Å². The van der Waals surface area contributed by atoms with Gasteiger partial charge in [0.15, 0.2) is 0 Å². The normalized spacial score (nSPS) is 10.7. The van der Waals surface area contributed by atoms with Gasteiger partial charge in [0.1, 0.15) is 11.3 Å². The second-order valence-corrected chi connectivity index (χ2v) is 4.14. The van der Waals surface area contributed by atoms with Crippen LogP contribution < -0.4 is 4.74 Å². The Hall–Kier alpha value is -1.68. The standard InChI is InChI=1S/C13H13ClO4/c1-4-17-13(15)11-7(2)10-9(18-11)6-5-8(14)12(10)16-3/h5-6H,4H2,1-3H3. The fourth-order valence-electron chi connectivity index (χ4n) is 1.87. The second-order valence-electron chi connectivity index (χ2n) is 3.73. The molecule has 18 heavy (non-hydrogen) atoms. The Morgan fingerprint density at radius 2 is 2.17 bits per heavy atom. The fourth-order valence-corrected chi connectivity index (χ4v) is 2.10. The minimum atomic E-state index is -0.482. The fraction of sp³-hybridized carbons (Fsp3) is 0.308. The average Bonchev–Trinajstić information content (AvgIpc) is 2.68. The Labute approximate surface area is 109 Å². The van der Waals surface area contributed by atoms with Crippen molar-refractivity contribution in [2.24, 2.45) is 0 Å². The molecule has 0 radical (unpaired) electrons. The van der Waals surface area contributed by atoms with Gasteiger partial charge in [0, 0.05) is 5.56 Å². The van der Waals surface area contributed by atoms with E-state index in [1.807, 2.05) is 0 Å². The maximum Gasteiger partial charge on any atom is 0.374 e. The number of fused-ring (bicyclic) bond motifs is 1. The molecule has 4 nitrogen and oxygen atoms in total. The van der Waals surface area contributed by atoms with Crippen LogP contribution in [0, 0.1) is 6.92 Å². The molecule has 2 rings (SSSR count). The molecule has 0 unspecified atom stereocenters. The van der Waals surface area contributed by atoms with Crippen LogP contribution in [0.2, 0.25) is 5.02 Å². The smallest absolute Gasteiger partial charge is 0.374 e. The molecule has 0 aliphatic heterocycles. The zero-order valence-corrected chi connectivity index (χ0v) is 11.1. The SMILES string of the molecule is CCOC(=O)c1oc2ccc(Cl)c(OC)c2c1C. The topological polar surface area (TPSA) is 48.7 Å². The van der Waals surface area contributed by atoms with Gasteiger partial charge >= 0.3 is 5.97 Å². The van der Waals surface area contributed by atoms with Gasteiger partial charge in [-0.05, 0) is 26.0 Å². The van der Waals surface area contributed by atoms with E-state index in [2.05, 4.69) is 0 Å². The van der Waals surface area contributed by atoms with Crippen molar-refractivity contribution in [1.82, 2.24) is 0 Å². The molecule has 0 aliphatic rings. The van der Waals surface area contributed by atoms with Crippen molar-refractivity contribution in [3.8, 4) is 5.75 Å². The number of ether oxygens (including phenoxy) is 2. The highest BCUT2D eigenvalue weighted by molar-refractivity contribution is 6.33. The van der Waals surface area contributed by atoms with Crippen molar-refractivity contribution in [3.63, 3.8) is 0 Å². The van der Waals surface area contributed by atoms with Crippen LogP contribution in [-0.4, -0.2) is 19.7 Å². The summed E-state index contributed by atoms with van der Waals surface area (Å²) in [4.78, 5) is 11.7. The summed E-state index contributed by atoms with van der Waals surface area (Å²) in [5.41, 5.74) is 1.22. The maximum atomic E-state index is 11.7. The van der Waals surface area contributed by atoms with Crippen LogP contribution in [0.15, 0.2) is 16.5 Å². The van der Waals surface area contributed by atoms with Crippen LogP contribution in [0.5, 0.6) is 5.75 Å². The van der Waals surface area contributed by atoms with E-state index >= 15 is 0 Å². The number of benzene rings is 1. The van der Waals surface area contributed by atoms with Gasteiger partial charge in [-0.25, -0.2) is 4.79 Å². The van der Waals surface area contributed by atoms with Crippen LogP contribution in [-0.2, 0) is 4.74 Å². The third-order valence-corrected chi connectivity index (χ3v) is 2.96. The van der Waals surface area contributed by atoms with Gasteiger partial charge in [-0.3, -0.25) is 0 Å². The molecule has 1 aromatic heterocycles. The lowest BCUT2D eigenvalue weighted by Gasteiger charge is -2.04. The van der Waals surface area contributed by atoms with E-state index in [1.165, 1.54) is 7.11 Å². The largest absolute Gasteiger partial charge is 0.494 e. The first kappa shape index (κ1) is 12.8. The summed E-state index contributed by atoms with van der Waals surface area (Å²) in [6.07, 6.45) is 0. The third-order valence-electron chi connectivity index (χ3n) is 2.66. The predicted octanol–water partition coefficient (Wildman–Crippen LogP) is 3.58. The lowest BCUT2D eigenvalue weighted by Crippen LogP contribution is -2.04. The van der Waals surface area contributed by atoms with Gasteiger partial charge in [0.05, 0.1) is 24.1 Å². The zero-order valence-electron chi connectivity index (χ0n) is 10.4. The van der Waals surface area contributed by atoms with E-state index in [0.717, 1.165) is 0 Å². The number of esters is 1. The molecule has 0 spiro atoms. The summed E-state index contributed by atoms with van der Waals surface area (Å²) in [7, 11) is 1.52. The minimum absolute atomic E-state index is 0.187. The predicted molar refractivity (Wildman–Crippen MR) is 68.5 cm³/mol. The molecule has 0 atom stereocenters. The second kappa shape index (κ2) is 4.90. The number of aryl methyl sites for hydroxylation is 1. The summed E-state index contributed by atoms with van der Waals surface area (Å²) in [6.45, 7) is 3.82. The van der Waals surface area contributed by atoms with Gasteiger partial charge in [0.2, 0.25) is 5.76 Å². The van der Waals surface area contributed by atoms with Crippen molar-refractivity contribution in [2.75, 3.05) is 13.7 Å². The zero-order chi connectivity index (χ0) is 13.3. The number of halogens is 1. The van der Waals surface area contributed by atoms with Crippen molar-refractivity contribution in [3.05, 3.63) is 28.5 Å². The first-order chi connectivity index (χ1) is 8.60. The molecular weight excluding hydrogens is 256 g/mol. The summed E-state index contributed by atoms with van der Waals surface area (Å²) in [5.74, 6) is 0.211. The number of hydrogen-bond acceptors (Lipinski definition) is 4. The number of furan rings is 1. The molecule has 96 valence electrons. The first-order valence-corrected chi connectivity index (χ1v) is 5.90. The van der Waals surface area contributed by atoms with Crippen LogP contribution in [0.1, 0.15) is 23.0 Å². The van der Waals surface area contributed by atoms with E-state index in [0.29, 0.717) is 33.9 Å². The lowest BCUT2D eigenvalue weighted by atomic mass is 10.1. The summed E-state index contributed by atoms with van der Waals surface area (Å²) < 4.78 is 15.7. The van der Waals surface area contributed by atoms with E-state index < -0.39 is 5.97 Å². The maximum absolute atomic E-state index is 11.7. The molecule has 0 fully saturated rings. The highest BCUT2D eigenvalue weighted by Gasteiger charge is 2.22. The van der Waals surface area contributed by atoms with E-state index in [-0.39, 0.29) is 5.76 Å². The number of hydrogen-bond donors (Lipinski definition) is 0. The van der Waals surface area contributed by atoms with Crippen molar-refractivity contribution >= 4 is 28.5 Å². The first-order valence-electron chi connectivity index (χ1n) is 5.52. The summed E-state index contributed by atoms with van der Waals surface area (Å²) in [5, 5.41) is 1.18. The minimum Gasteiger partial charge on any atom is -0.494 e. The Bertz CT molecular complexity index is 601. The van der Waals surface area contributed by atoms with Gasteiger partial charge in [-0.15, -0.1) is 0 Å². The molecule has 5 heteroatoms. The van der Waals surface area contributed by atoms with Gasteiger partial charge in [-0.2, -0.15) is 0 Å². The molecule has 2 aromatic rings. The highest BCUT2D eigenvalue weighted by Crippen LogP contribution is 2.38. The highest BCUT2D eigenvalue weighted by atomic mass is 35.5. The van der Waals surface area contributed by atoms with Gasteiger partial charge in [0.25, 0.3) is 0 Å². The molecule has 1 aromatic carbocycles. The van der Waals surface area contributed by atoms with E-state index in [4.69, 9.17) is 25.5 Å². The molecule has 0 N–H and O–H groups in total. The van der Waals surface area contributed by atoms with Crippen molar-refractivity contribution < 1.29 is 18.7 Å². The van der Waals surface area contributed by atoms with Crippen LogP contribution in [0.4, 0.5) is 0 Å². The van der Waals surface area contributed by atoms with Crippen LogP contribution in [0.25, 0.3) is 11.0 Å². The summed E-state index contributed by atoms with van der Waals surface area (Å²) >= 11 is 6.04. The molecular formula is C13H13ClO4. The molecule has 0 amide bonds. The average molecular weight is 269 g/mol. The Kier molecular flexibility index (Phi) is 3.48. The third kappa shape index (κ3) is 1.93. The number of carbonyl (C=O) groups is 1. The molecule has 0 saturated carbocycles.